The van der Waals surface area contributed by atoms with Gasteiger partial charge in [-0.15, -0.1) is 0 Å². The van der Waals surface area contributed by atoms with Crippen LogP contribution < -0.4 is 51.4 Å². The van der Waals surface area contributed by atoms with E-state index in [-0.39, 0.29) is 75.2 Å². The Hall–Kier alpha value is 2.05. The smallest absolute Gasteiger partial charge is 1.00 e. The van der Waals surface area contributed by atoms with Crippen molar-refractivity contribution < 1.29 is 80.0 Å². The molecule has 0 fully saturated rings. The molecule has 0 atom stereocenters. The van der Waals surface area contributed by atoms with E-state index in [2.05, 4.69) is 6.79 Å². The summed E-state index contributed by atoms with van der Waals surface area (Å²) in [7, 11) is 0. The molecule has 0 radical (unpaired) electrons. The maximum absolute atomic E-state index is 7.75. The Bertz CT molecular complexity index is 11.6. The molecule has 0 saturated heterocycles. The van der Waals surface area contributed by atoms with Crippen molar-refractivity contribution in [2.75, 3.05) is 0 Å². The van der Waals surface area contributed by atoms with Crippen molar-refractivity contribution >= 4 is 6.79 Å². The van der Waals surface area contributed by atoms with Gasteiger partial charge in [-0.05, 0) is 0 Å². The van der Waals surface area contributed by atoms with Crippen molar-refractivity contribution in [3.8, 4) is 0 Å². The van der Waals surface area contributed by atoms with Crippen LogP contribution in [0.1, 0.15) is 1.43 Å². The molecule has 1 nitrogen and oxygen atoms in total. The Labute approximate surface area is 84.9 Å². The first-order valence-corrected chi connectivity index (χ1v) is 0.236. The minimum absolute atomic E-state index is 0. The summed E-state index contributed by atoms with van der Waals surface area (Å²) >= 11 is 0. The van der Waals surface area contributed by atoms with E-state index in [0.717, 1.165) is 0 Å². The number of carbonyl (C=O) groups excluding carboxylic acids is 1. The summed E-state index contributed by atoms with van der Waals surface area (Å²) in [6.07, 6.45) is 0. The zero-order valence-electron chi connectivity index (χ0n) is 3.29. The molecule has 4 heavy (non-hydrogen) atoms. The van der Waals surface area contributed by atoms with E-state index in [4.69, 9.17) is 4.79 Å². The van der Waals surface area contributed by atoms with Crippen molar-refractivity contribution in [3.05, 3.63) is 0 Å². The molecule has 0 amide bonds. The van der Waals surface area contributed by atoms with Crippen LogP contribution in [0.4, 0.5) is 0 Å². The van der Waals surface area contributed by atoms with Crippen molar-refractivity contribution in [3.63, 3.8) is 0 Å². The normalized spacial score (nSPS) is 1.00. The molecule has 3 heteroatoms. The second kappa shape index (κ2) is 19.7. The summed E-state index contributed by atoms with van der Waals surface area (Å²) in [5.41, 5.74) is 0. The van der Waals surface area contributed by atoms with E-state index in [9.17, 15) is 0 Å². The van der Waals surface area contributed by atoms with Gasteiger partial charge in [-0.2, -0.15) is 0 Å². The van der Waals surface area contributed by atoms with Gasteiger partial charge >= 0.3 is 73.8 Å². The predicted octanol–water partition coefficient (Wildman–Crippen LogP) is -3.16. The second-order valence-electron chi connectivity index (χ2n) is 0. The Morgan fingerprint density at radius 2 is 1.50 bits per heavy atom. The average Bonchev–Trinajstić information content (AvgIpc) is 1.00. The van der Waals surface area contributed by atoms with Gasteiger partial charge in [0, 0.05) is 0 Å². The first-order chi connectivity index (χ1) is 1.00. The Balaban J connectivity index is -0.00000000167. The van der Waals surface area contributed by atoms with E-state index in [0.29, 0.717) is 0 Å². The van der Waals surface area contributed by atoms with Crippen molar-refractivity contribution in [2.45, 2.75) is 0 Å². The van der Waals surface area contributed by atoms with Crippen LogP contribution in [0, 0.1) is 0 Å². The zero-order chi connectivity index (χ0) is 2.00. The van der Waals surface area contributed by atoms with Gasteiger partial charge in [-0.1, -0.05) is 0 Å². The van der Waals surface area contributed by atoms with Crippen molar-refractivity contribution in [1.82, 2.24) is 0 Å². The zero-order valence-corrected chi connectivity index (χ0v) is 7.58. The summed E-state index contributed by atoms with van der Waals surface area (Å²) in [5, 5.41) is 0. The fourth-order valence-electron chi connectivity index (χ4n) is 0. The van der Waals surface area contributed by atoms with E-state index in [1.807, 2.05) is 0 Å². The third-order valence-corrected chi connectivity index (χ3v) is 0. The molecule has 0 unspecified atom stereocenters. The third kappa shape index (κ3) is 8.97. The van der Waals surface area contributed by atoms with Gasteiger partial charge in [-0.3, -0.25) is 6.79 Å². The average molecular weight is 266 g/mol. The maximum atomic E-state index is 7.75. The summed E-state index contributed by atoms with van der Waals surface area (Å²) in [4.78, 5) is 7.75. The molecule has 0 saturated carbocycles. The predicted molar refractivity (Wildman–Crippen MR) is 7.86 cm³/mol. The summed E-state index contributed by atoms with van der Waals surface area (Å²) in [6.45, 7) is 3.25. The first kappa shape index (κ1) is 16.6. The molecule has 0 aromatic rings. The molecule has 0 aliphatic carbocycles. The quantitative estimate of drug-likeness (QED) is 0.257. The van der Waals surface area contributed by atoms with Crippen LogP contribution in [-0.4, -0.2) is 6.79 Å². The largest absolute Gasteiger partial charge is 1.00 e. The van der Waals surface area contributed by atoms with E-state index in [1.165, 1.54) is 0 Å². The summed E-state index contributed by atoms with van der Waals surface area (Å²) in [6, 6.07) is 0. The topological polar surface area (TPSA) is 17.1 Å². The standard InChI is InChI=1S/CHO.Au.K.H/c1-2;;;/h1H;;;/q-1;2*+1;-1. The number of hydrogen-bond donors (Lipinski definition) is 0. The van der Waals surface area contributed by atoms with E-state index in [1.54, 1.807) is 0 Å². The molecule has 0 heterocycles. The van der Waals surface area contributed by atoms with Gasteiger partial charge < -0.3 is 6.22 Å². The Morgan fingerprint density at radius 3 is 1.50 bits per heavy atom. The molecule has 0 rings (SSSR count). The van der Waals surface area contributed by atoms with Gasteiger partial charge in [0.15, 0.2) is 0 Å². The van der Waals surface area contributed by atoms with Crippen molar-refractivity contribution in [1.29, 1.82) is 0 Å². The van der Waals surface area contributed by atoms with Crippen LogP contribution in [-0.2, 0) is 27.2 Å². The minimum Gasteiger partial charge on any atom is -1.00 e. The third-order valence-electron chi connectivity index (χ3n) is 0. The summed E-state index contributed by atoms with van der Waals surface area (Å²) < 4.78 is 0. The maximum Gasteiger partial charge on any atom is 1.00 e. The first-order valence-electron chi connectivity index (χ1n) is 0.236. The monoisotopic (exact) mass is 266 g/mol. The van der Waals surface area contributed by atoms with Crippen LogP contribution in [0.2, 0.25) is 0 Å². The fraction of sp³-hybridized carbons (Fsp3) is 0. The minimum atomic E-state index is 0. The van der Waals surface area contributed by atoms with Gasteiger partial charge in [-0.25, -0.2) is 0 Å². The van der Waals surface area contributed by atoms with Gasteiger partial charge in [0.1, 0.15) is 0 Å². The van der Waals surface area contributed by atoms with E-state index >= 15 is 0 Å². The number of hydrogen-bond acceptors (Lipinski definition) is 1. The Kier molecular flexibility index (Phi) is 81.8. The molecule has 0 bridgehead atoms. The molecular weight excluding hydrogens is 264 g/mol. The van der Waals surface area contributed by atoms with Crippen LogP contribution in [0.5, 0.6) is 0 Å². The van der Waals surface area contributed by atoms with Crippen molar-refractivity contribution in [2.24, 2.45) is 0 Å². The van der Waals surface area contributed by atoms with Gasteiger partial charge in [0.05, 0.1) is 0 Å². The fourth-order valence-corrected chi connectivity index (χ4v) is 0. The van der Waals surface area contributed by atoms with Crippen LogP contribution in [0.15, 0.2) is 0 Å². The SMILES string of the molecule is [Au+].[CH-]=O.[H-].[K+]. The molecule has 0 aliphatic rings. The molecule has 24 valence electrons. The van der Waals surface area contributed by atoms with Crippen LogP contribution in [0.25, 0.3) is 0 Å². The van der Waals surface area contributed by atoms with E-state index < -0.39 is 0 Å². The molecular formula is CH2AuKO. The van der Waals surface area contributed by atoms with Gasteiger partial charge in [0.2, 0.25) is 0 Å². The molecule has 0 N–H and O–H groups in total. The van der Waals surface area contributed by atoms with Crippen LogP contribution >= 0.6 is 0 Å². The Morgan fingerprint density at radius 1 is 1.50 bits per heavy atom. The summed E-state index contributed by atoms with van der Waals surface area (Å²) in [5.74, 6) is 0. The molecule has 0 aromatic carbocycles. The molecule has 0 aliphatic heterocycles. The van der Waals surface area contributed by atoms with Gasteiger partial charge in [0.25, 0.3) is 0 Å². The molecule has 0 aromatic heterocycles. The number of rotatable bonds is 0. The van der Waals surface area contributed by atoms with Crippen LogP contribution in [0.3, 0.4) is 0 Å². The second-order valence-corrected chi connectivity index (χ2v) is 0. The molecule has 0 spiro atoms.